The first-order valence-electron chi connectivity index (χ1n) is 9.36. The molecule has 2 heterocycles. The summed E-state index contributed by atoms with van der Waals surface area (Å²) in [6.07, 6.45) is 6.20. The molecule has 4 nitrogen and oxygen atoms in total. The zero-order valence-corrected chi connectivity index (χ0v) is 16.0. The van der Waals surface area contributed by atoms with Crippen molar-refractivity contribution in [2.75, 3.05) is 0 Å². The molecule has 1 N–H and O–H groups in total. The van der Waals surface area contributed by atoms with Crippen LogP contribution in [0.4, 0.5) is 0 Å². The fourth-order valence-electron chi connectivity index (χ4n) is 4.78. The van der Waals surface area contributed by atoms with Crippen molar-refractivity contribution in [2.45, 2.75) is 59.3 Å². The molecule has 136 valence electrons. The van der Waals surface area contributed by atoms with Gasteiger partial charge in [-0.2, -0.15) is 0 Å². The highest BCUT2D eigenvalue weighted by Crippen LogP contribution is 2.50. The number of rotatable bonds is 1. The Morgan fingerprint density at radius 1 is 0.846 bits per heavy atom. The number of hydrogen-bond acceptors (Lipinski definition) is 4. The van der Waals surface area contributed by atoms with Crippen LogP contribution in [0.3, 0.4) is 0 Å². The van der Waals surface area contributed by atoms with Crippen LogP contribution in [0.15, 0.2) is 47.1 Å². The van der Waals surface area contributed by atoms with Crippen molar-refractivity contribution in [1.82, 2.24) is 10.3 Å². The van der Waals surface area contributed by atoms with Crippen molar-refractivity contribution in [3.63, 3.8) is 0 Å². The predicted octanol–water partition coefficient (Wildman–Crippen LogP) is 4.05. The molecule has 1 aromatic heterocycles. The third-order valence-electron chi connectivity index (χ3n) is 5.76. The van der Waals surface area contributed by atoms with Crippen LogP contribution in [0, 0.1) is 10.8 Å². The molecule has 1 aliphatic heterocycles. The summed E-state index contributed by atoms with van der Waals surface area (Å²) in [5.41, 5.74) is 4.48. The number of ketones is 2. The predicted molar refractivity (Wildman–Crippen MR) is 100 cm³/mol. The summed E-state index contributed by atoms with van der Waals surface area (Å²) in [5, 5.41) is 3.53. The average Bonchev–Trinajstić information content (AvgIpc) is 2.51. The van der Waals surface area contributed by atoms with Gasteiger partial charge in [0.2, 0.25) is 0 Å². The molecule has 0 aromatic carbocycles. The molecule has 4 heteroatoms. The molecule has 3 aliphatic rings. The van der Waals surface area contributed by atoms with E-state index in [0.29, 0.717) is 12.8 Å². The molecule has 0 radical (unpaired) electrons. The fraction of sp³-hybridized carbons (Fsp3) is 0.500. The second-order valence-electron chi connectivity index (χ2n) is 9.50. The Morgan fingerprint density at radius 3 is 1.77 bits per heavy atom. The van der Waals surface area contributed by atoms with Gasteiger partial charge in [0.25, 0.3) is 0 Å². The van der Waals surface area contributed by atoms with E-state index in [1.165, 1.54) is 0 Å². The molecule has 0 saturated heterocycles. The normalized spacial score (nSPS) is 24.9. The number of carbonyl (C=O) groups is 2. The van der Waals surface area contributed by atoms with Crippen molar-refractivity contribution < 1.29 is 9.59 Å². The molecule has 26 heavy (non-hydrogen) atoms. The Morgan fingerprint density at radius 2 is 1.31 bits per heavy atom. The van der Waals surface area contributed by atoms with E-state index >= 15 is 0 Å². The van der Waals surface area contributed by atoms with E-state index in [-0.39, 0.29) is 28.3 Å². The van der Waals surface area contributed by atoms with E-state index in [0.717, 1.165) is 40.9 Å². The van der Waals surface area contributed by atoms with Crippen molar-refractivity contribution in [2.24, 2.45) is 10.8 Å². The van der Waals surface area contributed by atoms with Gasteiger partial charge in [-0.05, 0) is 41.4 Å². The third-order valence-corrected chi connectivity index (χ3v) is 5.76. The second-order valence-corrected chi connectivity index (χ2v) is 9.50. The van der Waals surface area contributed by atoms with Crippen LogP contribution in [-0.4, -0.2) is 16.6 Å². The Labute approximate surface area is 154 Å². The minimum absolute atomic E-state index is 0.0576. The fourth-order valence-corrected chi connectivity index (χ4v) is 4.78. The molecular formula is C22H26N2O2. The Bertz CT molecular complexity index is 807. The maximum Gasteiger partial charge on any atom is 0.162 e. The van der Waals surface area contributed by atoms with Crippen LogP contribution in [0.25, 0.3) is 0 Å². The molecule has 0 spiro atoms. The van der Waals surface area contributed by atoms with E-state index in [9.17, 15) is 9.59 Å². The van der Waals surface area contributed by atoms with Crippen LogP contribution < -0.4 is 5.32 Å². The highest BCUT2D eigenvalue weighted by molar-refractivity contribution is 6.06. The van der Waals surface area contributed by atoms with Crippen molar-refractivity contribution >= 4 is 11.6 Å². The number of aromatic nitrogens is 1. The molecule has 0 unspecified atom stereocenters. The molecule has 1 aromatic rings. The quantitative estimate of drug-likeness (QED) is 0.830. The summed E-state index contributed by atoms with van der Waals surface area (Å²) in [4.78, 5) is 30.3. The highest BCUT2D eigenvalue weighted by atomic mass is 16.1. The molecule has 0 saturated carbocycles. The standard InChI is InChI=1S/C22H26N2O2/c1-21(2)9-14-19(16(25)11-21)18(13-5-7-23-8-6-13)20-15(24-14)10-22(3,4)12-17(20)26/h5-8,18,24H,9-12H2,1-4H3. The summed E-state index contributed by atoms with van der Waals surface area (Å²) in [6, 6.07) is 3.87. The molecular weight excluding hydrogens is 324 g/mol. The van der Waals surface area contributed by atoms with Gasteiger partial charge < -0.3 is 5.32 Å². The molecule has 2 aliphatic carbocycles. The van der Waals surface area contributed by atoms with Crippen molar-refractivity contribution in [3.05, 3.63) is 52.6 Å². The van der Waals surface area contributed by atoms with Gasteiger partial charge in [0.15, 0.2) is 11.6 Å². The third kappa shape index (κ3) is 2.81. The summed E-state index contributed by atoms with van der Waals surface area (Å²) in [5.74, 6) is 0.0703. The molecule has 0 fully saturated rings. The SMILES string of the molecule is CC1(C)CC(=O)C2=C(C1)NC1=C(C(=O)CC(C)(C)C1)C2c1ccncc1. The number of dihydropyridines is 1. The minimum atomic E-state index is -0.253. The number of hydrogen-bond donors (Lipinski definition) is 1. The van der Waals surface area contributed by atoms with E-state index in [2.05, 4.69) is 38.0 Å². The van der Waals surface area contributed by atoms with E-state index in [4.69, 9.17) is 0 Å². The van der Waals surface area contributed by atoms with E-state index < -0.39 is 0 Å². The van der Waals surface area contributed by atoms with Gasteiger partial charge in [-0.25, -0.2) is 0 Å². The first-order chi connectivity index (χ1) is 12.2. The van der Waals surface area contributed by atoms with Crippen LogP contribution in [-0.2, 0) is 9.59 Å². The number of pyridine rings is 1. The smallest absolute Gasteiger partial charge is 0.162 e. The number of carbonyl (C=O) groups excluding carboxylic acids is 2. The molecule has 0 amide bonds. The lowest BCUT2D eigenvalue weighted by molar-refractivity contribution is -0.119. The van der Waals surface area contributed by atoms with Gasteiger partial charge in [0.05, 0.1) is 0 Å². The monoisotopic (exact) mass is 350 g/mol. The summed E-state index contributed by atoms with van der Waals surface area (Å²) in [7, 11) is 0. The van der Waals surface area contributed by atoms with Gasteiger partial charge in [-0.1, -0.05) is 27.7 Å². The Balaban J connectivity index is 1.91. The summed E-state index contributed by atoms with van der Waals surface area (Å²) < 4.78 is 0. The lowest BCUT2D eigenvalue weighted by Crippen LogP contribution is -2.42. The number of allylic oxidation sites excluding steroid dienone is 4. The second kappa shape index (κ2) is 5.63. The number of nitrogens with zero attached hydrogens (tertiary/aromatic N) is 1. The summed E-state index contributed by atoms with van der Waals surface area (Å²) in [6.45, 7) is 8.55. The van der Waals surface area contributed by atoms with Crippen LogP contribution in [0.1, 0.15) is 64.9 Å². The minimum Gasteiger partial charge on any atom is -0.362 e. The van der Waals surface area contributed by atoms with Crippen LogP contribution >= 0.6 is 0 Å². The van der Waals surface area contributed by atoms with E-state index in [1.807, 2.05) is 12.1 Å². The zero-order valence-electron chi connectivity index (χ0n) is 16.0. The van der Waals surface area contributed by atoms with Crippen molar-refractivity contribution in [1.29, 1.82) is 0 Å². The van der Waals surface area contributed by atoms with E-state index in [1.54, 1.807) is 12.4 Å². The summed E-state index contributed by atoms with van der Waals surface area (Å²) >= 11 is 0. The Hall–Kier alpha value is -2.23. The first kappa shape index (κ1) is 17.2. The number of Topliss-reactive ketones (excluding diaryl/α,β-unsaturated/α-hetero) is 2. The maximum atomic E-state index is 13.1. The molecule has 0 bridgehead atoms. The van der Waals surface area contributed by atoms with Gasteiger partial charge >= 0.3 is 0 Å². The van der Waals surface area contributed by atoms with Gasteiger partial charge in [0, 0.05) is 53.7 Å². The van der Waals surface area contributed by atoms with Crippen molar-refractivity contribution in [3.8, 4) is 0 Å². The van der Waals surface area contributed by atoms with Gasteiger partial charge in [-0.15, -0.1) is 0 Å². The number of nitrogens with one attached hydrogen (secondary N) is 1. The molecule has 0 atom stereocenters. The molecule has 4 rings (SSSR count). The van der Waals surface area contributed by atoms with Gasteiger partial charge in [0.1, 0.15) is 0 Å². The largest absolute Gasteiger partial charge is 0.362 e. The Kier molecular flexibility index (Phi) is 3.73. The lowest BCUT2D eigenvalue weighted by atomic mass is 9.64. The van der Waals surface area contributed by atoms with Gasteiger partial charge in [-0.3, -0.25) is 14.6 Å². The zero-order chi connectivity index (χ0) is 18.7. The first-order valence-corrected chi connectivity index (χ1v) is 9.36. The van der Waals surface area contributed by atoms with Crippen LogP contribution in [0.2, 0.25) is 0 Å². The average molecular weight is 350 g/mol. The lowest BCUT2D eigenvalue weighted by Gasteiger charge is -2.43. The maximum absolute atomic E-state index is 13.1. The topological polar surface area (TPSA) is 59.1 Å². The van der Waals surface area contributed by atoms with Crippen LogP contribution in [0.5, 0.6) is 0 Å². The highest BCUT2D eigenvalue weighted by Gasteiger charge is 2.46.